The summed E-state index contributed by atoms with van der Waals surface area (Å²) < 4.78 is 62.9. The first-order chi connectivity index (χ1) is 13.0. The summed E-state index contributed by atoms with van der Waals surface area (Å²) in [6.07, 6.45) is -4.48. The summed E-state index contributed by atoms with van der Waals surface area (Å²) >= 11 is 0. The fourth-order valence-corrected chi connectivity index (χ4v) is 3.10. The third-order valence-corrected chi connectivity index (χ3v) is 5.56. The summed E-state index contributed by atoms with van der Waals surface area (Å²) in [7, 11) is -0.881. The molecule has 0 N–H and O–H groups in total. The minimum Gasteiger partial charge on any atom is -0.492 e. The molecule has 2 fully saturated rings. The van der Waals surface area contributed by atoms with Gasteiger partial charge in [0.1, 0.15) is 12.4 Å². The van der Waals surface area contributed by atoms with Gasteiger partial charge in [-0.25, -0.2) is 0 Å². The van der Waals surface area contributed by atoms with Crippen molar-refractivity contribution in [3.63, 3.8) is 0 Å². The van der Waals surface area contributed by atoms with E-state index in [0.717, 1.165) is 25.2 Å². The number of ether oxygens (including phenoxy) is 2. The monoisotopic (exact) mass is 401 g/mol. The number of alkyl halides is 3. The van der Waals surface area contributed by atoms with Crippen LogP contribution in [0.15, 0.2) is 18.2 Å². The van der Waals surface area contributed by atoms with Crippen LogP contribution in [0.1, 0.15) is 33.3 Å². The molecular formula is C19H27BF3NO4. The van der Waals surface area contributed by atoms with Crippen molar-refractivity contribution in [1.82, 2.24) is 4.90 Å². The number of halogens is 3. The van der Waals surface area contributed by atoms with Crippen molar-refractivity contribution >= 4 is 12.6 Å². The molecule has 0 spiro atoms. The van der Waals surface area contributed by atoms with Crippen molar-refractivity contribution < 1.29 is 32.0 Å². The van der Waals surface area contributed by atoms with Crippen molar-refractivity contribution in [2.24, 2.45) is 0 Å². The fraction of sp³-hybridized carbons (Fsp3) is 0.684. The van der Waals surface area contributed by atoms with Crippen molar-refractivity contribution in [3.8, 4) is 5.75 Å². The van der Waals surface area contributed by atoms with Gasteiger partial charge in [0.15, 0.2) is 0 Å². The minimum absolute atomic E-state index is 0.160. The van der Waals surface area contributed by atoms with E-state index in [1.807, 2.05) is 27.7 Å². The Balaban J connectivity index is 1.76. The van der Waals surface area contributed by atoms with Crippen LogP contribution in [0.5, 0.6) is 5.75 Å². The number of nitrogens with zero attached hydrogens (tertiary/aromatic N) is 1. The molecule has 28 heavy (non-hydrogen) atoms. The Morgan fingerprint density at radius 1 is 1.04 bits per heavy atom. The molecule has 0 radical (unpaired) electrons. The second-order valence-corrected chi connectivity index (χ2v) is 8.18. The average molecular weight is 401 g/mol. The van der Waals surface area contributed by atoms with Crippen LogP contribution in [-0.4, -0.2) is 62.7 Å². The molecule has 9 heteroatoms. The summed E-state index contributed by atoms with van der Waals surface area (Å²) in [5, 5.41) is 0. The van der Waals surface area contributed by atoms with Crippen molar-refractivity contribution in [2.45, 2.75) is 45.1 Å². The van der Waals surface area contributed by atoms with Crippen LogP contribution in [0.2, 0.25) is 0 Å². The maximum absolute atomic E-state index is 13.4. The Hall–Kier alpha value is -1.29. The molecule has 0 atom stereocenters. The van der Waals surface area contributed by atoms with Crippen LogP contribution in [0, 0.1) is 0 Å². The van der Waals surface area contributed by atoms with E-state index in [1.165, 1.54) is 0 Å². The van der Waals surface area contributed by atoms with Crippen molar-refractivity contribution in [1.29, 1.82) is 0 Å². The van der Waals surface area contributed by atoms with E-state index in [2.05, 4.69) is 4.90 Å². The molecule has 156 valence electrons. The van der Waals surface area contributed by atoms with Crippen LogP contribution in [0.4, 0.5) is 13.2 Å². The zero-order valence-corrected chi connectivity index (χ0v) is 16.8. The van der Waals surface area contributed by atoms with Crippen LogP contribution < -0.4 is 10.2 Å². The molecule has 1 aromatic carbocycles. The molecule has 2 aliphatic heterocycles. The number of rotatable bonds is 5. The van der Waals surface area contributed by atoms with Crippen LogP contribution in [0.3, 0.4) is 0 Å². The largest absolute Gasteiger partial charge is 0.494 e. The molecule has 2 saturated heterocycles. The molecule has 2 aliphatic rings. The zero-order valence-electron chi connectivity index (χ0n) is 16.8. The second kappa shape index (κ2) is 7.86. The smallest absolute Gasteiger partial charge is 0.492 e. The maximum atomic E-state index is 13.4. The molecule has 5 nitrogen and oxygen atoms in total. The Morgan fingerprint density at radius 2 is 1.64 bits per heavy atom. The van der Waals surface area contributed by atoms with Crippen LogP contribution in [-0.2, 0) is 20.2 Å². The van der Waals surface area contributed by atoms with Gasteiger partial charge in [0.25, 0.3) is 0 Å². The van der Waals surface area contributed by atoms with Gasteiger partial charge in [-0.2, -0.15) is 13.2 Å². The zero-order chi connectivity index (χ0) is 20.6. The lowest BCUT2D eigenvalue weighted by molar-refractivity contribution is -0.137. The quantitative estimate of drug-likeness (QED) is 0.710. The molecule has 2 heterocycles. The molecule has 0 saturated carbocycles. The van der Waals surface area contributed by atoms with Gasteiger partial charge in [0.2, 0.25) is 0 Å². The Morgan fingerprint density at radius 3 is 2.21 bits per heavy atom. The molecule has 0 amide bonds. The molecule has 1 aromatic rings. The number of morpholine rings is 1. The Bertz CT molecular complexity index is 674. The van der Waals surface area contributed by atoms with Crippen LogP contribution in [0.25, 0.3) is 0 Å². The maximum Gasteiger partial charge on any atom is 0.494 e. The highest BCUT2D eigenvalue weighted by atomic mass is 19.4. The summed E-state index contributed by atoms with van der Waals surface area (Å²) in [6.45, 7) is 11.3. The van der Waals surface area contributed by atoms with Gasteiger partial charge in [0.05, 0.1) is 30.0 Å². The molecule has 3 rings (SSSR count). The lowest BCUT2D eigenvalue weighted by Gasteiger charge is -2.32. The van der Waals surface area contributed by atoms with Gasteiger partial charge < -0.3 is 18.8 Å². The van der Waals surface area contributed by atoms with Crippen molar-refractivity contribution in [2.75, 3.05) is 39.5 Å². The third kappa shape index (κ3) is 4.82. The minimum atomic E-state index is -4.48. The summed E-state index contributed by atoms with van der Waals surface area (Å²) in [4.78, 5) is 2.16. The van der Waals surface area contributed by atoms with E-state index in [1.54, 1.807) is 6.07 Å². The lowest BCUT2D eigenvalue weighted by Crippen LogP contribution is -2.41. The second-order valence-electron chi connectivity index (χ2n) is 8.18. The Labute approximate surface area is 164 Å². The predicted molar refractivity (Wildman–Crippen MR) is 99.9 cm³/mol. The normalized spacial score (nSPS) is 22.5. The first-order valence-corrected chi connectivity index (χ1v) is 9.49. The third-order valence-electron chi connectivity index (χ3n) is 5.56. The summed E-state index contributed by atoms with van der Waals surface area (Å²) in [5.41, 5.74) is -1.75. The van der Waals surface area contributed by atoms with Gasteiger partial charge in [-0.3, -0.25) is 4.90 Å². The van der Waals surface area contributed by atoms with Crippen molar-refractivity contribution in [3.05, 3.63) is 23.8 Å². The topological polar surface area (TPSA) is 40.2 Å². The number of hydrogen-bond acceptors (Lipinski definition) is 5. The van der Waals surface area contributed by atoms with Gasteiger partial charge in [0, 0.05) is 19.6 Å². The molecule has 0 unspecified atom stereocenters. The van der Waals surface area contributed by atoms with E-state index in [4.69, 9.17) is 18.8 Å². The number of benzene rings is 1. The predicted octanol–water partition coefficient (Wildman–Crippen LogP) is 2.72. The Kier molecular flexibility index (Phi) is 6.01. The molecule has 0 aliphatic carbocycles. The lowest BCUT2D eigenvalue weighted by atomic mass is 9.78. The van der Waals surface area contributed by atoms with E-state index >= 15 is 0 Å². The summed E-state index contributed by atoms with van der Waals surface area (Å²) in [6, 6.07) is 3.65. The average Bonchev–Trinajstić information content (AvgIpc) is 2.83. The van der Waals surface area contributed by atoms with Gasteiger partial charge >= 0.3 is 13.3 Å². The van der Waals surface area contributed by atoms with E-state index in [0.29, 0.717) is 31.8 Å². The highest BCUT2D eigenvalue weighted by Gasteiger charge is 2.52. The van der Waals surface area contributed by atoms with Crippen LogP contribution >= 0.6 is 0 Å². The van der Waals surface area contributed by atoms with E-state index < -0.39 is 30.1 Å². The highest BCUT2D eigenvalue weighted by molar-refractivity contribution is 6.62. The fourth-order valence-electron chi connectivity index (χ4n) is 3.10. The molecular weight excluding hydrogens is 374 g/mol. The van der Waals surface area contributed by atoms with Gasteiger partial charge in [-0.05, 0) is 51.4 Å². The highest BCUT2D eigenvalue weighted by Crippen LogP contribution is 2.37. The van der Waals surface area contributed by atoms with Gasteiger partial charge in [-0.1, -0.05) is 0 Å². The first kappa shape index (κ1) is 21.4. The standard InChI is InChI=1S/C19H27BF3NO4/c1-17(2)18(3,4)28-20(27-17)15-11-14(19(21,22)23)12-16(13-15)26-10-7-24-5-8-25-9-6-24/h11-13H,5-10H2,1-4H3. The molecule has 0 aromatic heterocycles. The van der Waals surface area contributed by atoms with Gasteiger partial charge in [-0.15, -0.1) is 0 Å². The van der Waals surface area contributed by atoms with E-state index in [-0.39, 0.29) is 5.75 Å². The first-order valence-electron chi connectivity index (χ1n) is 9.49. The molecule has 0 bridgehead atoms. The van der Waals surface area contributed by atoms with E-state index in [9.17, 15) is 13.2 Å². The number of hydrogen-bond donors (Lipinski definition) is 0. The summed E-state index contributed by atoms with van der Waals surface area (Å²) in [5.74, 6) is 0.160. The SMILES string of the molecule is CC1(C)OB(c2cc(OCCN3CCOCC3)cc(C(F)(F)F)c2)OC1(C)C.